The van der Waals surface area contributed by atoms with Gasteiger partial charge >= 0.3 is 0 Å². The van der Waals surface area contributed by atoms with Gasteiger partial charge in [0.1, 0.15) is 18.1 Å². The molecule has 1 aliphatic rings. The van der Waals surface area contributed by atoms with Gasteiger partial charge in [-0.1, -0.05) is 52.9 Å². The summed E-state index contributed by atoms with van der Waals surface area (Å²) < 4.78 is 12.5. The minimum atomic E-state index is 0.615. The predicted molar refractivity (Wildman–Crippen MR) is 84.1 cm³/mol. The average molecular weight is 366 g/mol. The van der Waals surface area contributed by atoms with E-state index in [2.05, 4.69) is 46.9 Å². The molecule has 0 aliphatic carbocycles. The third kappa shape index (κ3) is 2.86. The first kappa shape index (κ1) is 12.8. The maximum Gasteiger partial charge on any atom is 0.124 e. The summed E-state index contributed by atoms with van der Waals surface area (Å²) in [6.45, 7) is 1.41. The third-order valence-corrected chi connectivity index (χ3v) is 4.08. The van der Waals surface area contributed by atoms with Gasteiger partial charge < -0.3 is 9.47 Å². The molecule has 2 aromatic rings. The smallest absolute Gasteiger partial charge is 0.124 e. The van der Waals surface area contributed by atoms with E-state index in [4.69, 9.17) is 9.47 Å². The van der Waals surface area contributed by atoms with Crippen LogP contribution in [0.3, 0.4) is 0 Å². The summed E-state index contributed by atoms with van der Waals surface area (Å²) in [4.78, 5) is 0. The van der Waals surface area contributed by atoms with E-state index in [9.17, 15) is 0 Å². The Kier molecular flexibility index (Phi) is 3.92. The lowest BCUT2D eigenvalue weighted by Gasteiger charge is -2.12. The van der Waals surface area contributed by atoms with Crippen LogP contribution in [0.1, 0.15) is 16.7 Å². The Bertz CT molecular complexity index is 566. The van der Waals surface area contributed by atoms with E-state index in [1.807, 2.05) is 18.2 Å². The molecule has 0 bridgehead atoms. The van der Waals surface area contributed by atoms with Gasteiger partial charge in [-0.2, -0.15) is 0 Å². The van der Waals surface area contributed by atoms with Crippen LogP contribution in [0.15, 0.2) is 42.5 Å². The summed E-state index contributed by atoms with van der Waals surface area (Å²) in [5.41, 5.74) is 3.66. The van der Waals surface area contributed by atoms with E-state index < -0.39 is 0 Å². The Morgan fingerprint density at radius 3 is 2.79 bits per heavy atom. The molecule has 0 fully saturated rings. The van der Waals surface area contributed by atoms with Crippen molar-refractivity contribution in [3.8, 4) is 11.5 Å². The van der Waals surface area contributed by atoms with E-state index in [-0.39, 0.29) is 0 Å². The monoisotopic (exact) mass is 366 g/mol. The largest absolute Gasteiger partial charge is 0.493 e. The zero-order valence-electron chi connectivity index (χ0n) is 10.6. The zero-order valence-corrected chi connectivity index (χ0v) is 12.7. The van der Waals surface area contributed by atoms with Gasteiger partial charge in [0.25, 0.3) is 0 Å². The number of rotatable bonds is 4. The molecule has 1 aliphatic heterocycles. The first-order chi connectivity index (χ1) is 9.36. The molecule has 2 nitrogen and oxygen atoms in total. The SMILES string of the molecule is ICc1cc2c(cc1OCc1ccccc1)CCO2. The Hall–Kier alpha value is -1.23. The van der Waals surface area contributed by atoms with Crippen LogP contribution in [0.4, 0.5) is 0 Å². The van der Waals surface area contributed by atoms with Gasteiger partial charge in [-0.3, -0.25) is 0 Å². The number of fused-ring (bicyclic) bond motifs is 1. The van der Waals surface area contributed by atoms with Gasteiger partial charge in [0.15, 0.2) is 0 Å². The first-order valence-electron chi connectivity index (χ1n) is 6.38. The minimum absolute atomic E-state index is 0.615. The fourth-order valence-electron chi connectivity index (χ4n) is 2.22. The Morgan fingerprint density at radius 1 is 1.16 bits per heavy atom. The van der Waals surface area contributed by atoms with Crippen molar-refractivity contribution in [1.82, 2.24) is 0 Å². The molecule has 19 heavy (non-hydrogen) atoms. The predicted octanol–water partition coefficient (Wildman–Crippen LogP) is 4.14. The summed E-state index contributed by atoms with van der Waals surface area (Å²) in [7, 11) is 0. The molecule has 0 radical (unpaired) electrons. The summed E-state index contributed by atoms with van der Waals surface area (Å²) in [5.74, 6) is 2.02. The maximum atomic E-state index is 5.98. The van der Waals surface area contributed by atoms with Crippen molar-refractivity contribution in [1.29, 1.82) is 0 Å². The lowest BCUT2D eigenvalue weighted by Crippen LogP contribution is -1.98. The van der Waals surface area contributed by atoms with Gasteiger partial charge in [-0.25, -0.2) is 0 Å². The molecule has 3 heteroatoms. The molecule has 0 atom stereocenters. The van der Waals surface area contributed by atoms with Crippen LogP contribution in [0, 0.1) is 0 Å². The molecule has 0 saturated heterocycles. The summed E-state index contributed by atoms with van der Waals surface area (Å²) in [6.07, 6.45) is 0.985. The van der Waals surface area contributed by atoms with E-state index in [1.54, 1.807) is 0 Å². The second-order valence-electron chi connectivity index (χ2n) is 4.57. The second kappa shape index (κ2) is 5.82. The van der Waals surface area contributed by atoms with Crippen molar-refractivity contribution in [2.45, 2.75) is 17.5 Å². The summed E-state index contributed by atoms with van der Waals surface area (Å²) in [6, 6.07) is 14.5. The van der Waals surface area contributed by atoms with Crippen molar-refractivity contribution < 1.29 is 9.47 Å². The van der Waals surface area contributed by atoms with Crippen LogP contribution >= 0.6 is 22.6 Å². The minimum Gasteiger partial charge on any atom is -0.493 e. The highest BCUT2D eigenvalue weighted by molar-refractivity contribution is 14.1. The molecule has 0 aromatic heterocycles. The lowest BCUT2D eigenvalue weighted by molar-refractivity contribution is 0.303. The fraction of sp³-hybridized carbons (Fsp3) is 0.250. The van der Waals surface area contributed by atoms with Gasteiger partial charge in [0.2, 0.25) is 0 Å². The first-order valence-corrected chi connectivity index (χ1v) is 7.90. The van der Waals surface area contributed by atoms with Crippen LogP contribution in [-0.2, 0) is 17.5 Å². The molecule has 2 aromatic carbocycles. The lowest BCUT2D eigenvalue weighted by atomic mass is 10.1. The quantitative estimate of drug-likeness (QED) is 0.598. The Labute approximate surface area is 126 Å². The van der Waals surface area contributed by atoms with Crippen LogP contribution < -0.4 is 9.47 Å². The molecule has 0 amide bonds. The van der Waals surface area contributed by atoms with E-state index in [1.165, 1.54) is 16.7 Å². The second-order valence-corrected chi connectivity index (χ2v) is 5.34. The summed E-state index contributed by atoms with van der Waals surface area (Å²) in [5, 5.41) is 0. The number of halogens is 1. The van der Waals surface area contributed by atoms with Crippen LogP contribution in [0.5, 0.6) is 11.5 Å². The highest BCUT2D eigenvalue weighted by Gasteiger charge is 2.16. The van der Waals surface area contributed by atoms with Crippen LogP contribution in [0.2, 0.25) is 0 Å². The standard InChI is InChI=1S/C16H15IO2/c17-10-14-9-15-13(6-7-18-15)8-16(14)19-11-12-4-2-1-3-5-12/h1-5,8-9H,6-7,10-11H2. The average Bonchev–Trinajstić information content (AvgIpc) is 2.92. The molecular weight excluding hydrogens is 351 g/mol. The molecule has 0 N–H and O–H groups in total. The molecule has 3 rings (SSSR count). The number of ether oxygens (including phenoxy) is 2. The Balaban J connectivity index is 1.80. The number of hydrogen-bond acceptors (Lipinski definition) is 2. The molecule has 1 heterocycles. The van der Waals surface area contributed by atoms with E-state index >= 15 is 0 Å². The van der Waals surface area contributed by atoms with Crippen molar-refractivity contribution >= 4 is 22.6 Å². The fourth-order valence-corrected chi connectivity index (χ4v) is 2.82. The number of hydrogen-bond donors (Lipinski definition) is 0. The molecule has 0 unspecified atom stereocenters. The van der Waals surface area contributed by atoms with Crippen LogP contribution in [0.25, 0.3) is 0 Å². The molecular formula is C16H15IO2. The normalized spacial score (nSPS) is 12.9. The highest BCUT2D eigenvalue weighted by atomic mass is 127. The van der Waals surface area contributed by atoms with Crippen LogP contribution in [-0.4, -0.2) is 6.61 Å². The molecule has 0 spiro atoms. The Morgan fingerprint density at radius 2 is 2.00 bits per heavy atom. The van der Waals surface area contributed by atoms with Gasteiger partial charge in [-0.15, -0.1) is 0 Å². The zero-order chi connectivity index (χ0) is 13.1. The van der Waals surface area contributed by atoms with Crippen molar-refractivity contribution in [3.63, 3.8) is 0 Å². The van der Waals surface area contributed by atoms with Gasteiger partial charge in [-0.05, 0) is 17.7 Å². The summed E-state index contributed by atoms with van der Waals surface area (Å²) >= 11 is 2.36. The van der Waals surface area contributed by atoms with E-state index in [0.29, 0.717) is 6.61 Å². The highest BCUT2D eigenvalue weighted by Crippen LogP contribution is 2.34. The van der Waals surface area contributed by atoms with Crippen molar-refractivity contribution in [2.24, 2.45) is 0 Å². The third-order valence-electron chi connectivity index (χ3n) is 3.25. The molecule has 0 saturated carbocycles. The topological polar surface area (TPSA) is 18.5 Å². The van der Waals surface area contributed by atoms with Crippen molar-refractivity contribution in [2.75, 3.05) is 6.61 Å². The van der Waals surface area contributed by atoms with Gasteiger partial charge in [0.05, 0.1) is 6.61 Å². The maximum absolute atomic E-state index is 5.98. The molecule has 98 valence electrons. The number of alkyl halides is 1. The van der Waals surface area contributed by atoms with E-state index in [0.717, 1.165) is 29.0 Å². The van der Waals surface area contributed by atoms with Gasteiger partial charge in [0, 0.05) is 22.0 Å². The van der Waals surface area contributed by atoms with Crippen molar-refractivity contribution in [3.05, 3.63) is 59.2 Å². The number of benzene rings is 2.